The largest absolute Gasteiger partial charge is 0.489 e. The molecule has 0 fully saturated rings. The number of aryl methyl sites for hydroxylation is 3. The van der Waals surface area contributed by atoms with E-state index in [2.05, 4.69) is 207 Å². The maximum Gasteiger partial charge on any atom is 0.177 e. The maximum atomic E-state index is 11.2. The van der Waals surface area contributed by atoms with Crippen LogP contribution in [0.1, 0.15) is 259 Å². The van der Waals surface area contributed by atoms with Crippen molar-refractivity contribution >= 4 is 9.84 Å². The molecule has 0 aliphatic rings. The molecule has 0 saturated carbocycles. The summed E-state index contributed by atoms with van der Waals surface area (Å²) in [6.45, 7) is 52.9. The summed E-state index contributed by atoms with van der Waals surface area (Å²) in [6, 6.07) is 18.8. The molecule has 0 aliphatic carbocycles. The summed E-state index contributed by atoms with van der Waals surface area (Å²) in [7, 11) is -3.12. The molecule has 7 nitrogen and oxygen atoms in total. The van der Waals surface area contributed by atoms with Crippen molar-refractivity contribution in [1.29, 1.82) is 0 Å². The molecule has 406 valence electrons. The van der Waals surface area contributed by atoms with Gasteiger partial charge in [0.05, 0.1) is 17.2 Å². The summed E-state index contributed by atoms with van der Waals surface area (Å²) in [5.41, 5.74) is 9.91. The lowest BCUT2D eigenvalue weighted by Gasteiger charge is -2.11. The average molecular weight is 1000 g/mol. The monoisotopic (exact) mass is 1000 g/mol. The number of aromatic nitrogens is 4. The molecule has 5 aromatic rings. The molecule has 0 bridgehead atoms. The molecule has 0 N–H and O–H groups in total. The number of sulfone groups is 1. The van der Waals surface area contributed by atoms with E-state index in [4.69, 9.17) is 4.74 Å². The first-order valence-electron chi connectivity index (χ1n) is 26.8. The lowest BCUT2D eigenvalue weighted by atomic mass is 10.0. The third-order valence-corrected chi connectivity index (χ3v) is 9.55. The quantitative estimate of drug-likeness (QED) is 0.153. The van der Waals surface area contributed by atoms with Crippen LogP contribution in [-0.4, -0.2) is 40.7 Å². The molecule has 0 aliphatic heterocycles. The van der Waals surface area contributed by atoms with Gasteiger partial charge in [-0.1, -0.05) is 213 Å². The smallest absolute Gasteiger partial charge is 0.177 e. The van der Waals surface area contributed by atoms with Crippen molar-refractivity contribution in [3.05, 3.63) is 143 Å². The Labute approximate surface area is 441 Å². The first-order valence-corrected chi connectivity index (χ1v) is 28.7. The van der Waals surface area contributed by atoms with Crippen molar-refractivity contribution in [3.63, 3.8) is 0 Å². The summed E-state index contributed by atoms with van der Waals surface area (Å²) < 4.78 is 27.9. The number of rotatable bonds is 8. The molecule has 5 rings (SSSR count). The molecule has 0 unspecified atom stereocenters. The van der Waals surface area contributed by atoms with Crippen LogP contribution in [0, 0.1) is 20.8 Å². The molecule has 0 saturated heterocycles. The van der Waals surface area contributed by atoms with Crippen LogP contribution in [-0.2, 0) is 9.84 Å². The van der Waals surface area contributed by atoms with Gasteiger partial charge in [-0.25, -0.2) is 8.42 Å². The van der Waals surface area contributed by atoms with Crippen LogP contribution in [0.2, 0.25) is 0 Å². The summed E-state index contributed by atoms with van der Waals surface area (Å²) in [6.07, 6.45) is 20.1. The first-order chi connectivity index (χ1) is 33.2. The van der Waals surface area contributed by atoms with Crippen LogP contribution in [0.3, 0.4) is 0 Å². The Hall–Kier alpha value is -4.43. The Kier molecular flexibility index (Phi) is 50.9. The normalized spacial score (nSPS) is 9.86. The summed E-state index contributed by atoms with van der Waals surface area (Å²) in [5, 5.41) is 0. The first kappa shape index (κ1) is 75.5. The van der Waals surface area contributed by atoms with E-state index >= 15 is 0 Å². The van der Waals surface area contributed by atoms with E-state index in [1.54, 1.807) is 18.5 Å². The fourth-order valence-corrected chi connectivity index (χ4v) is 5.39. The van der Waals surface area contributed by atoms with Crippen molar-refractivity contribution in [2.75, 3.05) is 6.26 Å². The van der Waals surface area contributed by atoms with E-state index in [1.165, 1.54) is 77.9 Å². The van der Waals surface area contributed by atoms with Crippen LogP contribution >= 0.6 is 0 Å². The minimum atomic E-state index is -3.12. The highest BCUT2D eigenvalue weighted by Crippen LogP contribution is 2.20. The van der Waals surface area contributed by atoms with E-state index in [1.807, 2.05) is 59.4 Å². The lowest BCUT2D eigenvalue weighted by Crippen LogP contribution is -2.06. The number of hydrogen-bond acceptors (Lipinski definition) is 7. The molecular formula is C63H110N4O3S. The van der Waals surface area contributed by atoms with Gasteiger partial charge in [-0.3, -0.25) is 19.9 Å². The third kappa shape index (κ3) is 46.4. The Morgan fingerprint density at radius 1 is 0.423 bits per heavy atom. The fraction of sp³-hybridized carbons (Fsp3) is 0.587. The second-order valence-corrected chi connectivity index (χ2v) is 21.6. The van der Waals surface area contributed by atoms with E-state index in [-0.39, 0.29) is 6.10 Å². The molecule has 8 heteroatoms. The van der Waals surface area contributed by atoms with Crippen LogP contribution < -0.4 is 4.74 Å². The van der Waals surface area contributed by atoms with Gasteiger partial charge in [0.1, 0.15) is 5.75 Å². The minimum Gasteiger partial charge on any atom is -0.489 e. The lowest BCUT2D eigenvalue weighted by molar-refractivity contribution is 0.241. The predicted octanol–water partition coefficient (Wildman–Crippen LogP) is 19.8. The molecule has 0 amide bonds. The maximum absolute atomic E-state index is 11.2. The highest BCUT2D eigenvalue weighted by atomic mass is 32.2. The Bertz CT molecular complexity index is 1980. The number of ether oxygens (including phenoxy) is 1. The SMILES string of the molecule is CC(C)Oc1cncc(C(C)C)c1.CC(C)c1cncc(S(C)(=O)=O)c1.CCC.CCC.CCC.CCC.CCC.Cc1ccc(C(C)C)cn1.Cc1cccc(C(C)C)c1.Cc1cncc(C(C)C)c1. The molecule has 0 spiro atoms. The summed E-state index contributed by atoms with van der Waals surface area (Å²) >= 11 is 0. The molecule has 1 aromatic carbocycles. The van der Waals surface area contributed by atoms with Crippen molar-refractivity contribution < 1.29 is 13.2 Å². The molecular weight excluding hydrogens is 893 g/mol. The second-order valence-electron chi connectivity index (χ2n) is 19.6. The van der Waals surface area contributed by atoms with Crippen molar-refractivity contribution in [1.82, 2.24) is 19.9 Å². The zero-order valence-corrected chi connectivity index (χ0v) is 51.5. The molecule has 71 heavy (non-hydrogen) atoms. The molecule has 4 heterocycles. The Morgan fingerprint density at radius 3 is 1.13 bits per heavy atom. The van der Waals surface area contributed by atoms with Gasteiger partial charge in [-0.05, 0) is 116 Å². The van der Waals surface area contributed by atoms with Gasteiger partial charge in [-0.15, -0.1) is 0 Å². The number of pyridine rings is 4. The molecule has 4 aromatic heterocycles. The predicted molar refractivity (Wildman–Crippen MR) is 317 cm³/mol. The van der Waals surface area contributed by atoms with Crippen LogP contribution in [0.15, 0.2) is 103 Å². The zero-order chi connectivity index (χ0) is 56.1. The van der Waals surface area contributed by atoms with Crippen molar-refractivity contribution in [3.8, 4) is 5.75 Å². The zero-order valence-electron chi connectivity index (χ0n) is 50.7. The fourth-order valence-electron chi connectivity index (χ4n) is 4.79. The Morgan fingerprint density at radius 2 is 0.803 bits per heavy atom. The topological polar surface area (TPSA) is 94.9 Å². The van der Waals surface area contributed by atoms with E-state index in [9.17, 15) is 8.42 Å². The van der Waals surface area contributed by atoms with Gasteiger partial charge in [0.2, 0.25) is 0 Å². The van der Waals surface area contributed by atoms with Gasteiger partial charge in [0, 0.05) is 49.1 Å². The van der Waals surface area contributed by atoms with Crippen LogP contribution in [0.5, 0.6) is 5.75 Å². The highest BCUT2D eigenvalue weighted by Gasteiger charge is 2.09. The molecule has 0 atom stereocenters. The van der Waals surface area contributed by atoms with E-state index < -0.39 is 9.84 Å². The van der Waals surface area contributed by atoms with Gasteiger partial charge >= 0.3 is 0 Å². The van der Waals surface area contributed by atoms with Gasteiger partial charge in [-0.2, -0.15) is 0 Å². The number of benzene rings is 1. The van der Waals surface area contributed by atoms with Gasteiger partial charge < -0.3 is 4.74 Å². The summed E-state index contributed by atoms with van der Waals surface area (Å²) in [5.74, 6) is 3.50. The van der Waals surface area contributed by atoms with E-state index in [0.717, 1.165) is 17.0 Å². The minimum absolute atomic E-state index is 0.212. The Balaban J connectivity index is -0.000000239. The highest BCUT2D eigenvalue weighted by molar-refractivity contribution is 7.90. The summed E-state index contributed by atoms with van der Waals surface area (Å²) in [4.78, 5) is 16.6. The van der Waals surface area contributed by atoms with Crippen LogP contribution in [0.4, 0.5) is 0 Å². The average Bonchev–Trinajstić information content (AvgIpc) is 3.28. The van der Waals surface area contributed by atoms with Gasteiger partial charge in [0.15, 0.2) is 9.84 Å². The molecule has 0 radical (unpaired) electrons. The third-order valence-electron chi connectivity index (χ3n) is 8.47. The number of hydrogen-bond donors (Lipinski definition) is 0. The van der Waals surface area contributed by atoms with Crippen LogP contribution in [0.25, 0.3) is 0 Å². The van der Waals surface area contributed by atoms with Crippen molar-refractivity contribution in [2.24, 2.45) is 0 Å². The standard InChI is InChI=1S/C11H17NO.C10H14.C9H13NO2S.2C9H13N.5C3H8/c1-8(2)10-5-11(7-12-6-10)13-9(3)4;1-8(2)10-6-4-5-9(3)7-10;1-7(2)8-4-9(6-10-5-8)13(3,11)12;1-7(2)9-4-8(3)5-10-6-9;1-7(2)9-5-4-8(3)10-6-9;5*1-3-2/h5-9H,1-4H3;4-8H,1-3H3;4-7H,1-3H3;2*4-7H,1-3H3;5*3H2,1-2H3. The van der Waals surface area contributed by atoms with E-state index in [0.29, 0.717) is 34.5 Å². The van der Waals surface area contributed by atoms with Gasteiger partial charge in [0.25, 0.3) is 0 Å². The number of nitrogens with zero attached hydrogens (tertiary/aromatic N) is 4. The van der Waals surface area contributed by atoms with Crippen molar-refractivity contribution in [2.45, 2.75) is 246 Å². The second kappa shape index (κ2) is 47.9.